The highest BCUT2D eigenvalue weighted by Gasteiger charge is 2.32. The normalized spacial score (nSPS) is 16.9. The van der Waals surface area contributed by atoms with Crippen molar-refractivity contribution in [2.45, 2.75) is 33.5 Å². The number of nitrogens with zero attached hydrogens (tertiary/aromatic N) is 2. The summed E-state index contributed by atoms with van der Waals surface area (Å²) in [7, 11) is 0. The molecule has 2 aromatic rings. The summed E-state index contributed by atoms with van der Waals surface area (Å²) < 4.78 is 19.6. The molecular formula is C25H29FN2O4. The smallest absolute Gasteiger partial charge is 0.255 e. The van der Waals surface area contributed by atoms with E-state index in [1.54, 1.807) is 41.3 Å². The average molecular weight is 441 g/mol. The Labute approximate surface area is 188 Å². The molecule has 1 aliphatic rings. The maximum atomic E-state index is 13.5. The van der Waals surface area contributed by atoms with E-state index in [1.165, 1.54) is 24.0 Å². The maximum absolute atomic E-state index is 13.5. The molecule has 0 aliphatic carbocycles. The first-order chi connectivity index (χ1) is 15.2. The summed E-state index contributed by atoms with van der Waals surface area (Å²) in [6.45, 7) is 6.61. The Kier molecular flexibility index (Phi) is 7.75. The third-order valence-electron chi connectivity index (χ3n) is 5.31. The number of hydrogen-bond acceptors (Lipinski definition) is 4. The molecule has 3 rings (SSSR count). The van der Waals surface area contributed by atoms with Crippen LogP contribution in [-0.4, -0.2) is 59.7 Å². The summed E-state index contributed by atoms with van der Waals surface area (Å²) in [5, 5.41) is 0. The van der Waals surface area contributed by atoms with Gasteiger partial charge in [0, 0.05) is 25.2 Å². The van der Waals surface area contributed by atoms with Crippen LogP contribution >= 0.6 is 0 Å². The van der Waals surface area contributed by atoms with Crippen LogP contribution in [0.5, 0.6) is 0 Å². The first kappa shape index (κ1) is 23.6. The number of rotatable bonds is 7. The lowest BCUT2D eigenvalue weighted by molar-refractivity contribution is -0.132. The molecule has 0 spiro atoms. The first-order valence-corrected chi connectivity index (χ1v) is 10.8. The molecule has 1 aliphatic heterocycles. The highest BCUT2D eigenvalue weighted by molar-refractivity contribution is 6.07. The minimum atomic E-state index is -0.447. The third-order valence-corrected chi connectivity index (χ3v) is 5.31. The van der Waals surface area contributed by atoms with Crippen LogP contribution in [0.1, 0.15) is 47.1 Å². The van der Waals surface area contributed by atoms with Crippen molar-refractivity contribution in [3.05, 3.63) is 71.0 Å². The molecule has 0 N–H and O–H groups in total. The van der Waals surface area contributed by atoms with Gasteiger partial charge in [-0.3, -0.25) is 14.4 Å². The van der Waals surface area contributed by atoms with Gasteiger partial charge in [0.1, 0.15) is 12.4 Å². The van der Waals surface area contributed by atoms with Gasteiger partial charge in [-0.15, -0.1) is 0 Å². The summed E-state index contributed by atoms with van der Waals surface area (Å²) in [6.07, 6.45) is -0.447. The second-order valence-corrected chi connectivity index (χ2v) is 8.54. The van der Waals surface area contributed by atoms with Crippen LogP contribution in [0.4, 0.5) is 4.39 Å². The zero-order valence-electron chi connectivity index (χ0n) is 18.7. The molecule has 0 saturated carbocycles. The van der Waals surface area contributed by atoms with Crippen LogP contribution in [0.3, 0.4) is 0 Å². The molecule has 7 heteroatoms. The molecule has 0 bridgehead atoms. The standard InChI is InChI=1S/C25H29FN2O4/c1-17(2)12-27-13-21(32-16-19-7-6-8-20(26)11-19)14-28(15-24(27)30)25(31)23-10-5-4-9-22(23)18(3)29/h4-11,17,21H,12-16H2,1-3H3. The number of carbonyl (C=O) groups is 3. The minimum Gasteiger partial charge on any atom is -0.370 e. The van der Waals surface area contributed by atoms with Gasteiger partial charge in [-0.2, -0.15) is 0 Å². The molecule has 0 aromatic heterocycles. The number of carbonyl (C=O) groups excluding carboxylic acids is 3. The molecule has 2 aromatic carbocycles. The quantitative estimate of drug-likeness (QED) is 0.618. The Morgan fingerprint density at radius 3 is 2.47 bits per heavy atom. The van der Waals surface area contributed by atoms with Crippen molar-refractivity contribution >= 4 is 17.6 Å². The SMILES string of the molecule is CC(=O)c1ccccc1C(=O)N1CC(=O)N(CC(C)C)CC(OCc2cccc(F)c2)C1. The summed E-state index contributed by atoms with van der Waals surface area (Å²) >= 11 is 0. The lowest BCUT2D eigenvalue weighted by Crippen LogP contribution is -2.40. The van der Waals surface area contributed by atoms with Gasteiger partial charge < -0.3 is 14.5 Å². The van der Waals surface area contributed by atoms with Gasteiger partial charge in [0.15, 0.2) is 5.78 Å². The summed E-state index contributed by atoms with van der Waals surface area (Å²) in [5.41, 5.74) is 1.27. The molecule has 1 unspecified atom stereocenters. The molecule has 1 fully saturated rings. The Hall–Kier alpha value is -3.06. The maximum Gasteiger partial charge on any atom is 0.255 e. The van der Waals surface area contributed by atoms with E-state index in [-0.39, 0.29) is 54.6 Å². The Bertz CT molecular complexity index is 991. The zero-order valence-corrected chi connectivity index (χ0v) is 18.7. The summed E-state index contributed by atoms with van der Waals surface area (Å²) in [4.78, 5) is 41.4. The fourth-order valence-corrected chi connectivity index (χ4v) is 3.84. The third kappa shape index (κ3) is 6.01. The van der Waals surface area contributed by atoms with Crippen molar-refractivity contribution in [2.75, 3.05) is 26.2 Å². The lowest BCUT2D eigenvalue weighted by Gasteiger charge is -2.26. The fraction of sp³-hybridized carbons (Fsp3) is 0.400. The van der Waals surface area contributed by atoms with Crippen LogP contribution < -0.4 is 0 Å². The van der Waals surface area contributed by atoms with E-state index < -0.39 is 6.10 Å². The number of hydrogen-bond donors (Lipinski definition) is 0. The first-order valence-electron chi connectivity index (χ1n) is 10.8. The highest BCUT2D eigenvalue weighted by Crippen LogP contribution is 2.18. The predicted octanol–water partition coefficient (Wildman–Crippen LogP) is 3.55. The zero-order chi connectivity index (χ0) is 23.3. The number of benzene rings is 2. The molecule has 32 heavy (non-hydrogen) atoms. The van der Waals surface area contributed by atoms with Crippen LogP contribution in [-0.2, 0) is 16.1 Å². The number of Topliss-reactive ketones (excluding diaryl/α,β-unsaturated/α-hetero) is 1. The number of halogens is 1. The van der Waals surface area contributed by atoms with E-state index in [0.717, 1.165) is 0 Å². The van der Waals surface area contributed by atoms with E-state index in [2.05, 4.69) is 0 Å². The summed E-state index contributed by atoms with van der Waals surface area (Å²) in [5.74, 6) is -0.848. The van der Waals surface area contributed by atoms with Gasteiger partial charge >= 0.3 is 0 Å². The molecule has 2 amide bonds. The van der Waals surface area contributed by atoms with E-state index in [1.807, 2.05) is 13.8 Å². The fourth-order valence-electron chi connectivity index (χ4n) is 3.84. The van der Waals surface area contributed by atoms with Crippen LogP contribution in [0.15, 0.2) is 48.5 Å². The van der Waals surface area contributed by atoms with Gasteiger partial charge in [-0.05, 0) is 36.6 Å². The van der Waals surface area contributed by atoms with E-state index >= 15 is 0 Å². The average Bonchev–Trinajstić information content (AvgIpc) is 2.90. The van der Waals surface area contributed by atoms with Crippen molar-refractivity contribution < 1.29 is 23.5 Å². The largest absolute Gasteiger partial charge is 0.370 e. The van der Waals surface area contributed by atoms with Gasteiger partial charge in [-0.25, -0.2) is 4.39 Å². The minimum absolute atomic E-state index is 0.0857. The van der Waals surface area contributed by atoms with Gasteiger partial charge in [0.2, 0.25) is 5.91 Å². The van der Waals surface area contributed by atoms with Crippen LogP contribution in [0.25, 0.3) is 0 Å². The van der Waals surface area contributed by atoms with Crippen molar-refractivity contribution in [2.24, 2.45) is 5.92 Å². The second-order valence-electron chi connectivity index (χ2n) is 8.54. The second kappa shape index (κ2) is 10.5. The molecule has 6 nitrogen and oxygen atoms in total. The Morgan fingerprint density at radius 2 is 1.81 bits per heavy atom. The highest BCUT2D eigenvalue weighted by atomic mass is 19.1. The molecule has 1 saturated heterocycles. The van der Waals surface area contributed by atoms with Crippen molar-refractivity contribution in [3.8, 4) is 0 Å². The van der Waals surface area contributed by atoms with E-state index in [4.69, 9.17) is 4.74 Å². The van der Waals surface area contributed by atoms with Gasteiger partial charge in [0.05, 0.1) is 18.3 Å². The topological polar surface area (TPSA) is 66.9 Å². The van der Waals surface area contributed by atoms with Crippen LogP contribution in [0.2, 0.25) is 0 Å². The van der Waals surface area contributed by atoms with Gasteiger partial charge in [-0.1, -0.05) is 44.2 Å². The van der Waals surface area contributed by atoms with Crippen LogP contribution in [0, 0.1) is 11.7 Å². The predicted molar refractivity (Wildman–Crippen MR) is 119 cm³/mol. The lowest BCUT2D eigenvalue weighted by atomic mass is 10.0. The molecule has 1 atom stereocenters. The number of ether oxygens (including phenoxy) is 1. The molecule has 170 valence electrons. The Morgan fingerprint density at radius 1 is 1.09 bits per heavy atom. The van der Waals surface area contributed by atoms with E-state index in [0.29, 0.717) is 24.2 Å². The van der Waals surface area contributed by atoms with Crippen molar-refractivity contribution in [1.82, 2.24) is 9.80 Å². The molecular weight excluding hydrogens is 411 g/mol. The number of amides is 2. The van der Waals surface area contributed by atoms with E-state index in [9.17, 15) is 18.8 Å². The monoisotopic (exact) mass is 440 g/mol. The van der Waals surface area contributed by atoms with Crippen molar-refractivity contribution in [3.63, 3.8) is 0 Å². The molecule has 0 radical (unpaired) electrons. The number of ketones is 1. The molecule has 1 heterocycles. The van der Waals surface area contributed by atoms with Crippen molar-refractivity contribution in [1.29, 1.82) is 0 Å². The Balaban J connectivity index is 1.83. The summed E-state index contributed by atoms with van der Waals surface area (Å²) in [6, 6.07) is 12.8. The van der Waals surface area contributed by atoms with Gasteiger partial charge in [0.25, 0.3) is 5.91 Å².